The second-order valence-corrected chi connectivity index (χ2v) is 4.33. The van der Waals surface area contributed by atoms with Crippen molar-refractivity contribution in [3.8, 4) is 0 Å². The van der Waals surface area contributed by atoms with E-state index in [0.29, 0.717) is 12.0 Å². The zero-order chi connectivity index (χ0) is 13.8. The van der Waals surface area contributed by atoms with Gasteiger partial charge in [-0.3, -0.25) is 19.7 Å². The van der Waals surface area contributed by atoms with Crippen LogP contribution in [0.2, 0.25) is 0 Å². The molecule has 0 radical (unpaired) electrons. The van der Waals surface area contributed by atoms with Crippen molar-refractivity contribution >= 4 is 17.7 Å². The highest BCUT2D eigenvalue weighted by molar-refractivity contribution is 6.04. The summed E-state index contributed by atoms with van der Waals surface area (Å²) in [6.07, 6.45) is 7.40. The summed E-state index contributed by atoms with van der Waals surface area (Å²) in [7, 11) is 0. The van der Waals surface area contributed by atoms with E-state index < -0.39 is 24.0 Å². The molecule has 2 unspecified atom stereocenters. The summed E-state index contributed by atoms with van der Waals surface area (Å²) in [6, 6.07) is -0.698. The molecule has 3 N–H and O–H groups in total. The van der Waals surface area contributed by atoms with Crippen molar-refractivity contribution in [2.75, 3.05) is 0 Å². The third-order valence-corrected chi connectivity index (χ3v) is 2.86. The minimum Gasteiger partial charge on any atom is -0.385 e. The fourth-order valence-electron chi connectivity index (χ4n) is 1.82. The third kappa shape index (κ3) is 3.38. The molecule has 1 fully saturated rings. The van der Waals surface area contributed by atoms with Gasteiger partial charge in [0.2, 0.25) is 11.8 Å². The van der Waals surface area contributed by atoms with Gasteiger partial charge in [0.15, 0.2) is 0 Å². The average molecular weight is 262 g/mol. The molecule has 6 nitrogen and oxygen atoms in total. The van der Waals surface area contributed by atoms with Crippen LogP contribution in [-0.2, 0) is 14.4 Å². The first kappa shape index (κ1) is 13.2. The Hall–Kier alpha value is -2.21. The summed E-state index contributed by atoms with van der Waals surface area (Å²) in [6.45, 7) is 0. The molecule has 2 rings (SSSR count). The van der Waals surface area contributed by atoms with Crippen LogP contribution in [0.25, 0.3) is 0 Å². The highest BCUT2D eigenvalue weighted by atomic mass is 16.3. The van der Waals surface area contributed by atoms with E-state index in [4.69, 9.17) is 0 Å². The number of rotatable bonds is 2. The second-order valence-electron chi connectivity index (χ2n) is 4.33. The topological polar surface area (TPSA) is 95.5 Å². The number of imide groups is 1. The van der Waals surface area contributed by atoms with Crippen molar-refractivity contribution in [2.24, 2.45) is 0 Å². The molecule has 1 aliphatic heterocycles. The van der Waals surface area contributed by atoms with Gasteiger partial charge in [-0.1, -0.05) is 24.3 Å². The molecule has 100 valence electrons. The molecule has 0 aromatic rings. The van der Waals surface area contributed by atoms with Crippen LogP contribution in [0.3, 0.4) is 0 Å². The molecule has 0 bridgehead atoms. The Morgan fingerprint density at radius 1 is 1.37 bits per heavy atom. The fourth-order valence-corrected chi connectivity index (χ4v) is 1.82. The number of aliphatic hydroxyl groups excluding tert-OH is 1. The zero-order valence-electron chi connectivity index (χ0n) is 10.1. The molecule has 19 heavy (non-hydrogen) atoms. The monoisotopic (exact) mass is 262 g/mol. The molecular weight excluding hydrogens is 248 g/mol. The van der Waals surface area contributed by atoms with E-state index in [-0.39, 0.29) is 12.3 Å². The van der Waals surface area contributed by atoms with Crippen molar-refractivity contribution in [3.63, 3.8) is 0 Å². The van der Waals surface area contributed by atoms with Crippen LogP contribution < -0.4 is 10.6 Å². The Morgan fingerprint density at radius 2 is 2.16 bits per heavy atom. The van der Waals surface area contributed by atoms with Crippen molar-refractivity contribution in [1.29, 1.82) is 0 Å². The van der Waals surface area contributed by atoms with Crippen LogP contribution in [0, 0.1) is 0 Å². The van der Waals surface area contributed by atoms with E-state index in [1.807, 2.05) is 0 Å². The molecule has 0 aromatic carbocycles. The minimum atomic E-state index is -0.725. The summed E-state index contributed by atoms with van der Waals surface area (Å²) in [5, 5.41) is 14.1. The second kappa shape index (κ2) is 5.62. The van der Waals surface area contributed by atoms with Gasteiger partial charge in [0.25, 0.3) is 5.91 Å². The van der Waals surface area contributed by atoms with Crippen molar-refractivity contribution < 1.29 is 19.5 Å². The number of piperidine rings is 1. The van der Waals surface area contributed by atoms with E-state index in [1.54, 1.807) is 12.2 Å². The van der Waals surface area contributed by atoms with Crippen LogP contribution in [0.5, 0.6) is 0 Å². The Balaban J connectivity index is 2.00. The van der Waals surface area contributed by atoms with Gasteiger partial charge in [-0.15, -0.1) is 0 Å². The van der Waals surface area contributed by atoms with E-state index >= 15 is 0 Å². The van der Waals surface area contributed by atoms with Crippen LogP contribution in [0.4, 0.5) is 0 Å². The van der Waals surface area contributed by atoms with E-state index in [9.17, 15) is 19.5 Å². The Bertz CT molecular complexity index is 505. The summed E-state index contributed by atoms with van der Waals surface area (Å²) in [5.41, 5.74) is 0.345. The number of allylic oxidation sites excluding steroid dienone is 2. The Labute approximate surface area is 109 Å². The number of carbonyl (C=O) groups is 3. The molecule has 0 saturated carbocycles. The molecule has 1 aliphatic carbocycles. The van der Waals surface area contributed by atoms with Gasteiger partial charge in [-0.25, -0.2) is 0 Å². The number of amides is 3. The first-order chi connectivity index (χ1) is 9.06. The summed E-state index contributed by atoms with van der Waals surface area (Å²) in [5.74, 6) is -1.22. The summed E-state index contributed by atoms with van der Waals surface area (Å²) in [4.78, 5) is 34.4. The first-order valence-corrected chi connectivity index (χ1v) is 5.95. The lowest BCUT2D eigenvalue weighted by atomic mass is 10.1. The van der Waals surface area contributed by atoms with Gasteiger partial charge in [-0.2, -0.15) is 0 Å². The lowest BCUT2D eigenvalue weighted by Gasteiger charge is -2.21. The SMILES string of the molecule is O=C1CCC(NC(=O)C2=CC=CC(O)C=C2)C(=O)N1. The van der Waals surface area contributed by atoms with Gasteiger partial charge < -0.3 is 10.4 Å². The number of hydrogen-bond donors (Lipinski definition) is 3. The maximum absolute atomic E-state index is 11.9. The number of carbonyl (C=O) groups excluding carboxylic acids is 3. The molecule has 2 aliphatic rings. The van der Waals surface area contributed by atoms with E-state index in [1.165, 1.54) is 18.2 Å². The Morgan fingerprint density at radius 3 is 2.89 bits per heavy atom. The molecule has 6 heteroatoms. The quantitative estimate of drug-likeness (QED) is 0.575. The smallest absolute Gasteiger partial charge is 0.251 e. The normalized spacial score (nSPS) is 26.5. The molecule has 2 atom stereocenters. The Kier molecular flexibility index (Phi) is 3.91. The van der Waals surface area contributed by atoms with Crippen LogP contribution in [0.15, 0.2) is 36.0 Å². The van der Waals surface area contributed by atoms with Crippen molar-refractivity contribution in [1.82, 2.24) is 10.6 Å². The van der Waals surface area contributed by atoms with Crippen molar-refractivity contribution in [3.05, 3.63) is 36.0 Å². The van der Waals surface area contributed by atoms with Gasteiger partial charge >= 0.3 is 0 Å². The predicted octanol–water partition coefficient (Wildman–Crippen LogP) is -0.679. The summed E-state index contributed by atoms with van der Waals surface area (Å²) < 4.78 is 0. The third-order valence-electron chi connectivity index (χ3n) is 2.86. The zero-order valence-corrected chi connectivity index (χ0v) is 10.1. The highest BCUT2D eigenvalue weighted by Crippen LogP contribution is 2.09. The molecular formula is C13H14N2O4. The molecule has 3 amide bonds. The average Bonchev–Trinajstić information content (AvgIpc) is 2.57. The number of hydrogen-bond acceptors (Lipinski definition) is 4. The minimum absolute atomic E-state index is 0.212. The van der Waals surface area contributed by atoms with Gasteiger partial charge in [0, 0.05) is 12.0 Å². The molecule has 1 saturated heterocycles. The van der Waals surface area contributed by atoms with E-state index in [2.05, 4.69) is 10.6 Å². The van der Waals surface area contributed by atoms with Gasteiger partial charge in [0.05, 0.1) is 6.10 Å². The maximum atomic E-state index is 11.9. The first-order valence-electron chi connectivity index (χ1n) is 5.95. The number of nitrogens with one attached hydrogen (secondary N) is 2. The predicted molar refractivity (Wildman–Crippen MR) is 66.7 cm³/mol. The fraction of sp³-hybridized carbons (Fsp3) is 0.308. The largest absolute Gasteiger partial charge is 0.385 e. The lowest BCUT2D eigenvalue weighted by molar-refractivity contribution is -0.136. The summed E-state index contributed by atoms with van der Waals surface area (Å²) >= 11 is 0. The molecule has 0 aromatic heterocycles. The van der Waals surface area contributed by atoms with Crippen LogP contribution in [0.1, 0.15) is 12.8 Å². The highest BCUT2D eigenvalue weighted by Gasteiger charge is 2.28. The molecule has 1 heterocycles. The lowest BCUT2D eigenvalue weighted by Crippen LogP contribution is -2.52. The maximum Gasteiger partial charge on any atom is 0.251 e. The standard InChI is InChI=1S/C13H14N2O4/c16-9-3-1-2-8(4-5-9)12(18)14-10-6-7-11(17)15-13(10)19/h1-5,9-10,16H,6-7H2,(H,14,18)(H,15,17,19). The van der Waals surface area contributed by atoms with Gasteiger partial charge in [0.1, 0.15) is 6.04 Å². The van der Waals surface area contributed by atoms with Crippen molar-refractivity contribution in [2.45, 2.75) is 25.0 Å². The van der Waals surface area contributed by atoms with Gasteiger partial charge in [-0.05, 0) is 12.5 Å². The number of aliphatic hydroxyl groups is 1. The van der Waals surface area contributed by atoms with Crippen LogP contribution >= 0.6 is 0 Å². The van der Waals surface area contributed by atoms with E-state index in [0.717, 1.165) is 0 Å². The molecule has 0 spiro atoms. The van der Waals surface area contributed by atoms with Crippen LogP contribution in [-0.4, -0.2) is 35.0 Å².